The van der Waals surface area contributed by atoms with Crippen LogP contribution in [0.1, 0.15) is 32.0 Å². The summed E-state index contributed by atoms with van der Waals surface area (Å²) in [5.74, 6) is 0.574. The third-order valence-electron chi connectivity index (χ3n) is 2.95. The smallest absolute Gasteiger partial charge is 0.162 e. The van der Waals surface area contributed by atoms with E-state index in [0.29, 0.717) is 17.2 Å². The number of aromatic nitrogens is 2. The van der Waals surface area contributed by atoms with Gasteiger partial charge in [0.15, 0.2) is 5.82 Å². The van der Waals surface area contributed by atoms with Crippen molar-refractivity contribution < 1.29 is 4.39 Å². The van der Waals surface area contributed by atoms with Gasteiger partial charge < -0.3 is 5.73 Å². The second-order valence-corrected chi connectivity index (χ2v) is 5.71. The Kier molecular flexibility index (Phi) is 3.27. The van der Waals surface area contributed by atoms with Gasteiger partial charge in [0.1, 0.15) is 11.6 Å². The van der Waals surface area contributed by atoms with E-state index in [9.17, 15) is 4.39 Å². The Morgan fingerprint density at radius 1 is 1.11 bits per heavy atom. The van der Waals surface area contributed by atoms with Gasteiger partial charge in [-0.3, -0.25) is 0 Å². The first-order valence-corrected chi connectivity index (χ1v) is 6.19. The molecule has 0 bridgehead atoms. The molecule has 0 atom stereocenters. The van der Waals surface area contributed by atoms with E-state index in [4.69, 9.17) is 5.73 Å². The molecule has 0 saturated carbocycles. The lowest BCUT2D eigenvalue weighted by Gasteiger charge is -2.19. The summed E-state index contributed by atoms with van der Waals surface area (Å²) in [6.07, 6.45) is 0. The van der Waals surface area contributed by atoms with Crippen molar-refractivity contribution in [3.63, 3.8) is 0 Å². The number of rotatable bonds is 1. The van der Waals surface area contributed by atoms with Crippen LogP contribution in [0.15, 0.2) is 24.3 Å². The molecule has 19 heavy (non-hydrogen) atoms. The van der Waals surface area contributed by atoms with Crippen molar-refractivity contribution in [2.45, 2.75) is 33.1 Å². The molecular formula is C15H18FN3. The number of nitrogen functional groups attached to an aromatic ring is 1. The van der Waals surface area contributed by atoms with Crippen LogP contribution in [0.5, 0.6) is 0 Å². The second-order valence-electron chi connectivity index (χ2n) is 5.71. The Morgan fingerprint density at radius 3 is 2.42 bits per heavy atom. The minimum atomic E-state index is -0.302. The molecule has 1 heterocycles. The predicted molar refractivity (Wildman–Crippen MR) is 75.3 cm³/mol. The maximum atomic E-state index is 13.4. The Balaban J connectivity index is 2.63. The average Bonchev–Trinajstić information content (AvgIpc) is 2.30. The summed E-state index contributed by atoms with van der Waals surface area (Å²) in [5.41, 5.74) is 8.15. The number of hydrogen-bond donors (Lipinski definition) is 1. The molecule has 100 valence electrons. The monoisotopic (exact) mass is 259 g/mol. The van der Waals surface area contributed by atoms with Gasteiger partial charge in [-0.15, -0.1) is 0 Å². The lowest BCUT2D eigenvalue weighted by atomic mass is 9.91. The van der Waals surface area contributed by atoms with Crippen LogP contribution in [0.25, 0.3) is 11.4 Å². The number of nitrogens with zero attached hydrogens (tertiary/aromatic N) is 2. The molecule has 0 saturated heterocycles. The molecule has 0 unspecified atom stereocenters. The van der Waals surface area contributed by atoms with Crippen LogP contribution in [0.4, 0.5) is 10.2 Å². The third-order valence-corrected chi connectivity index (χ3v) is 2.95. The van der Waals surface area contributed by atoms with Crippen molar-refractivity contribution in [2.75, 3.05) is 5.73 Å². The first kappa shape index (κ1) is 13.5. The van der Waals surface area contributed by atoms with Crippen LogP contribution in [0, 0.1) is 12.7 Å². The molecule has 2 N–H and O–H groups in total. The van der Waals surface area contributed by atoms with Crippen LogP contribution < -0.4 is 5.73 Å². The molecule has 2 rings (SSSR count). The summed E-state index contributed by atoms with van der Waals surface area (Å²) in [7, 11) is 0. The Morgan fingerprint density at radius 2 is 1.79 bits per heavy atom. The quantitative estimate of drug-likeness (QED) is 0.853. The van der Waals surface area contributed by atoms with Gasteiger partial charge in [0.25, 0.3) is 0 Å². The Labute approximate surface area is 112 Å². The summed E-state index contributed by atoms with van der Waals surface area (Å²) in [4.78, 5) is 8.74. The molecule has 0 amide bonds. The number of aryl methyl sites for hydroxylation is 1. The standard InChI is InChI=1S/C15H18FN3/c1-9-5-6-10(16)7-11(9)14-18-12(15(2,3)4)8-13(17)19-14/h5-8H,1-4H3,(H2,17,18,19). The second kappa shape index (κ2) is 4.61. The molecule has 4 heteroatoms. The Bertz CT molecular complexity index is 615. The fraction of sp³-hybridized carbons (Fsp3) is 0.333. The van der Waals surface area contributed by atoms with Gasteiger partial charge in [-0.25, -0.2) is 14.4 Å². The van der Waals surface area contributed by atoms with Gasteiger partial charge in [-0.2, -0.15) is 0 Å². The van der Waals surface area contributed by atoms with Crippen molar-refractivity contribution in [1.82, 2.24) is 9.97 Å². The van der Waals surface area contributed by atoms with Crippen molar-refractivity contribution in [3.05, 3.63) is 41.3 Å². The third kappa shape index (κ3) is 2.89. The van der Waals surface area contributed by atoms with Gasteiger partial charge in [-0.1, -0.05) is 26.8 Å². The fourth-order valence-electron chi connectivity index (χ4n) is 1.81. The topological polar surface area (TPSA) is 51.8 Å². The summed E-state index contributed by atoms with van der Waals surface area (Å²) in [5, 5.41) is 0. The number of anilines is 1. The molecule has 0 aliphatic carbocycles. The average molecular weight is 259 g/mol. The van der Waals surface area contributed by atoms with E-state index in [2.05, 4.69) is 30.7 Å². The molecule has 0 spiro atoms. The van der Waals surface area contributed by atoms with Gasteiger partial charge in [0, 0.05) is 17.0 Å². The zero-order valence-electron chi connectivity index (χ0n) is 11.7. The molecule has 0 fully saturated rings. The first-order chi connectivity index (χ1) is 8.77. The maximum absolute atomic E-state index is 13.4. The van der Waals surface area contributed by atoms with E-state index < -0.39 is 0 Å². The minimum Gasteiger partial charge on any atom is -0.384 e. The molecule has 0 aliphatic heterocycles. The van der Waals surface area contributed by atoms with Gasteiger partial charge in [0.2, 0.25) is 0 Å². The van der Waals surface area contributed by atoms with E-state index in [0.717, 1.165) is 11.3 Å². The fourth-order valence-corrected chi connectivity index (χ4v) is 1.81. The van der Waals surface area contributed by atoms with E-state index >= 15 is 0 Å². The van der Waals surface area contributed by atoms with Crippen molar-refractivity contribution in [1.29, 1.82) is 0 Å². The summed E-state index contributed by atoms with van der Waals surface area (Å²) in [6.45, 7) is 8.06. The highest BCUT2D eigenvalue weighted by atomic mass is 19.1. The molecular weight excluding hydrogens is 241 g/mol. The van der Waals surface area contributed by atoms with E-state index in [1.165, 1.54) is 12.1 Å². The van der Waals surface area contributed by atoms with Crippen molar-refractivity contribution in [3.8, 4) is 11.4 Å². The molecule has 2 aromatic rings. The van der Waals surface area contributed by atoms with Crippen molar-refractivity contribution in [2.24, 2.45) is 0 Å². The van der Waals surface area contributed by atoms with Gasteiger partial charge in [0.05, 0.1) is 5.69 Å². The van der Waals surface area contributed by atoms with Crippen molar-refractivity contribution >= 4 is 5.82 Å². The van der Waals surface area contributed by atoms with E-state index in [-0.39, 0.29) is 11.2 Å². The summed E-state index contributed by atoms with van der Waals surface area (Å²) in [6, 6.07) is 6.35. The summed E-state index contributed by atoms with van der Waals surface area (Å²) < 4.78 is 13.4. The SMILES string of the molecule is Cc1ccc(F)cc1-c1nc(N)cc(C(C)(C)C)n1. The predicted octanol–water partition coefficient (Wildman–Crippen LogP) is 3.47. The van der Waals surface area contributed by atoms with Gasteiger partial charge >= 0.3 is 0 Å². The van der Waals surface area contributed by atoms with E-state index in [1.807, 2.05) is 6.92 Å². The van der Waals surface area contributed by atoms with Crippen LogP contribution in [-0.4, -0.2) is 9.97 Å². The number of benzene rings is 1. The molecule has 0 radical (unpaired) electrons. The lowest BCUT2D eigenvalue weighted by Crippen LogP contribution is -2.15. The minimum absolute atomic E-state index is 0.132. The largest absolute Gasteiger partial charge is 0.384 e. The normalized spacial score (nSPS) is 11.6. The highest BCUT2D eigenvalue weighted by Gasteiger charge is 2.18. The maximum Gasteiger partial charge on any atom is 0.162 e. The van der Waals surface area contributed by atoms with E-state index in [1.54, 1.807) is 12.1 Å². The molecule has 0 aliphatic rings. The zero-order valence-corrected chi connectivity index (χ0v) is 11.7. The molecule has 3 nitrogen and oxygen atoms in total. The summed E-state index contributed by atoms with van der Waals surface area (Å²) >= 11 is 0. The zero-order chi connectivity index (χ0) is 14.2. The lowest BCUT2D eigenvalue weighted by molar-refractivity contribution is 0.568. The van der Waals surface area contributed by atoms with Gasteiger partial charge in [-0.05, 0) is 24.6 Å². The number of hydrogen-bond acceptors (Lipinski definition) is 3. The number of halogens is 1. The highest BCUT2D eigenvalue weighted by Crippen LogP contribution is 2.26. The van der Waals surface area contributed by atoms with Crippen LogP contribution >= 0.6 is 0 Å². The molecule has 1 aromatic heterocycles. The Hall–Kier alpha value is -1.97. The highest BCUT2D eigenvalue weighted by molar-refractivity contribution is 5.61. The first-order valence-electron chi connectivity index (χ1n) is 6.19. The van der Waals surface area contributed by atoms with Crippen LogP contribution in [-0.2, 0) is 5.41 Å². The number of nitrogens with two attached hydrogens (primary N) is 1. The molecule has 1 aromatic carbocycles. The van der Waals surface area contributed by atoms with Crippen LogP contribution in [0.3, 0.4) is 0 Å². The van der Waals surface area contributed by atoms with Crippen LogP contribution in [0.2, 0.25) is 0 Å².